The summed E-state index contributed by atoms with van der Waals surface area (Å²) in [6.45, 7) is 6.21. The number of hydrogen-bond acceptors (Lipinski definition) is 2. The van der Waals surface area contributed by atoms with Gasteiger partial charge in [-0.3, -0.25) is 0 Å². The summed E-state index contributed by atoms with van der Waals surface area (Å²) in [6, 6.07) is 6.70. The van der Waals surface area contributed by atoms with Crippen molar-refractivity contribution in [3.63, 3.8) is 0 Å². The Labute approximate surface area is 97.5 Å². The van der Waals surface area contributed by atoms with Crippen LogP contribution in [0.25, 0.3) is 0 Å². The molecule has 0 saturated heterocycles. The van der Waals surface area contributed by atoms with Crippen molar-refractivity contribution in [2.45, 2.75) is 13.8 Å². The maximum Gasteiger partial charge on any atom is 0.125 e. The van der Waals surface area contributed by atoms with Crippen LogP contribution < -0.4 is 10.2 Å². The highest BCUT2D eigenvalue weighted by atomic mass is 19.1. The van der Waals surface area contributed by atoms with Gasteiger partial charge in [0.05, 0.1) is 0 Å². The second-order valence-electron chi connectivity index (χ2n) is 5.03. The molecule has 0 amide bonds. The van der Waals surface area contributed by atoms with Crippen molar-refractivity contribution in [3.8, 4) is 0 Å². The lowest BCUT2D eigenvalue weighted by Gasteiger charge is -2.31. The molecule has 0 spiro atoms. The van der Waals surface area contributed by atoms with E-state index in [9.17, 15) is 4.39 Å². The summed E-state index contributed by atoms with van der Waals surface area (Å²) in [7, 11) is 3.94. The first-order valence-corrected chi connectivity index (χ1v) is 5.56. The Morgan fingerprint density at radius 1 is 1.38 bits per heavy atom. The number of anilines is 1. The van der Waals surface area contributed by atoms with Gasteiger partial charge in [0.25, 0.3) is 0 Å². The third-order valence-corrected chi connectivity index (χ3v) is 2.57. The molecule has 0 radical (unpaired) electrons. The van der Waals surface area contributed by atoms with E-state index in [1.807, 2.05) is 20.2 Å². The van der Waals surface area contributed by atoms with E-state index in [0.717, 1.165) is 18.8 Å². The van der Waals surface area contributed by atoms with Gasteiger partial charge in [0.2, 0.25) is 0 Å². The summed E-state index contributed by atoms with van der Waals surface area (Å²) in [4.78, 5) is 2.08. The first kappa shape index (κ1) is 13.0. The number of benzene rings is 1. The highest BCUT2D eigenvalue weighted by Crippen LogP contribution is 2.20. The third kappa shape index (κ3) is 3.81. The molecule has 0 fully saturated rings. The summed E-state index contributed by atoms with van der Waals surface area (Å²) >= 11 is 0. The van der Waals surface area contributed by atoms with Crippen LogP contribution in [0.15, 0.2) is 24.3 Å². The van der Waals surface area contributed by atoms with Gasteiger partial charge in [0.15, 0.2) is 0 Å². The fourth-order valence-electron chi connectivity index (χ4n) is 1.98. The molecule has 1 aromatic rings. The summed E-state index contributed by atoms with van der Waals surface area (Å²) in [5.74, 6) is -0.184. The van der Waals surface area contributed by atoms with E-state index in [1.165, 1.54) is 6.07 Å². The Kier molecular flexibility index (Phi) is 4.30. The van der Waals surface area contributed by atoms with Crippen LogP contribution in [0.5, 0.6) is 0 Å². The minimum atomic E-state index is -0.184. The van der Waals surface area contributed by atoms with Crippen LogP contribution in [-0.4, -0.2) is 27.2 Å². The molecule has 0 aliphatic heterocycles. The number of nitrogens with one attached hydrogen (secondary N) is 1. The van der Waals surface area contributed by atoms with Crippen LogP contribution in [0, 0.1) is 11.2 Å². The van der Waals surface area contributed by atoms with E-state index >= 15 is 0 Å². The van der Waals surface area contributed by atoms with Gasteiger partial charge in [-0.25, -0.2) is 4.39 Å². The van der Waals surface area contributed by atoms with Crippen molar-refractivity contribution in [1.82, 2.24) is 5.32 Å². The Hall–Kier alpha value is -1.09. The zero-order valence-electron chi connectivity index (χ0n) is 10.5. The predicted molar refractivity (Wildman–Crippen MR) is 67.4 cm³/mol. The quantitative estimate of drug-likeness (QED) is 0.826. The number of hydrogen-bond donors (Lipinski definition) is 1. The highest BCUT2D eigenvalue weighted by Gasteiger charge is 2.19. The molecule has 0 unspecified atom stereocenters. The van der Waals surface area contributed by atoms with Crippen LogP contribution in [-0.2, 0) is 0 Å². The molecule has 0 heterocycles. The van der Waals surface area contributed by atoms with Gasteiger partial charge in [0.1, 0.15) is 5.82 Å². The lowest BCUT2D eigenvalue weighted by atomic mass is 9.92. The molecular formula is C13H21FN2. The summed E-state index contributed by atoms with van der Waals surface area (Å²) in [6.07, 6.45) is 0. The lowest BCUT2D eigenvalue weighted by Crippen LogP contribution is -2.38. The van der Waals surface area contributed by atoms with Gasteiger partial charge < -0.3 is 10.2 Å². The summed E-state index contributed by atoms with van der Waals surface area (Å²) in [5.41, 5.74) is 1.08. The average molecular weight is 224 g/mol. The number of halogens is 1. The largest absolute Gasteiger partial charge is 0.374 e. The maximum atomic E-state index is 13.1. The molecule has 0 atom stereocenters. The fraction of sp³-hybridized carbons (Fsp3) is 0.538. The first-order valence-electron chi connectivity index (χ1n) is 5.56. The van der Waals surface area contributed by atoms with Crippen molar-refractivity contribution in [2.24, 2.45) is 5.41 Å². The summed E-state index contributed by atoms with van der Waals surface area (Å²) < 4.78 is 13.1. The van der Waals surface area contributed by atoms with E-state index in [1.54, 1.807) is 12.1 Å². The molecule has 0 saturated carbocycles. The van der Waals surface area contributed by atoms with Gasteiger partial charge in [0, 0.05) is 25.8 Å². The van der Waals surface area contributed by atoms with E-state index < -0.39 is 0 Å². The molecule has 2 nitrogen and oxygen atoms in total. The molecule has 1 N–H and O–H groups in total. The molecule has 1 rings (SSSR count). The molecule has 3 heteroatoms. The zero-order chi connectivity index (χ0) is 12.2. The van der Waals surface area contributed by atoms with E-state index in [0.29, 0.717) is 0 Å². The Balaban J connectivity index is 2.68. The van der Waals surface area contributed by atoms with Crippen molar-refractivity contribution < 1.29 is 4.39 Å². The molecule has 0 aliphatic carbocycles. The average Bonchev–Trinajstić information content (AvgIpc) is 2.16. The maximum absolute atomic E-state index is 13.1. The topological polar surface area (TPSA) is 15.3 Å². The van der Waals surface area contributed by atoms with E-state index in [-0.39, 0.29) is 11.2 Å². The fourth-order valence-corrected chi connectivity index (χ4v) is 1.98. The molecule has 1 aromatic carbocycles. The zero-order valence-corrected chi connectivity index (χ0v) is 10.5. The van der Waals surface area contributed by atoms with Gasteiger partial charge >= 0.3 is 0 Å². The van der Waals surface area contributed by atoms with Gasteiger partial charge in [-0.15, -0.1) is 0 Å². The number of nitrogens with zero attached hydrogens (tertiary/aromatic N) is 1. The second kappa shape index (κ2) is 5.30. The molecule has 16 heavy (non-hydrogen) atoms. The number of rotatable bonds is 5. The SMILES string of the molecule is CNCC(C)(C)CN(C)c1cccc(F)c1. The van der Waals surface area contributed by atoms with Crippen molar-refractivity contribution in [3.05, 3.63) is 30.1 Å². The van der Waals surface area contributed by atoms with Crippen molar-refractivity contribution in [2.75, 3.05) is 32.1 Å². The van der Waals surface area contributed by atoms with Crippen molar-refractivity contribution >= 4 is 5.69 Å². The van der Waals surface area contributed by atoms with E-state index in [4.69, 9.17) is 0 Å². The first-order chi connectivity index (χ1) is 7.44. The Morgan fingerprint density at radius 2 is 2.06 bits per heavy atom. The van der Waals surface area contributed by atoms with E-state index in [2.05, 4.69) is 24.1 Å². The molecule has 0 aromatic heterocycles. The monoisotopic (exact) mass is 224 g/mol. The normalized spacial score (nSPS) is 11.6. The standard InChI is InChI=1S/C13H21FN2/c1-13(2,9-15-3)10-16(4)12-7-5-6-11(14)8-12/h5-8,15H,9-10H2,1-4H3. The Bertz CT molecular complexity index is 336. The van der Waals surface area contributed by atoms with Crippen LogP contribution in [0.1, 0.15) is 13.8 Å². The van der Waals surface area contributed by atoms with Crippen molar-refractivity contribution in [1.29, 1.82) is 0 Å². The minimum Gasteiger partial charge on any atom is -0.374 e. The van der Waals surface area contributed by atoms with Gasteiger partial charge in [-0.2, -0.15) is 0 Å². The smallest absolute Gasteiger partial charge is 0.125 e. The molecule has 0 aliphatic rings. The molecular weight excluding hydrogens is 203 g/mol. The van der Waals surface area contributed by atoms with Crippen LogP contribution in [0.4, 0.5) is 10.1 Å². The summed E-state index contributed by atoms with van der Waals surface area (Å²) in [5, 5.41) is 3.18. The molecule has 0 bridgehead atoms. The lowest BCUT2D eigenvalue weighted by molar-refractivity contribution is 0.358. The van der Waals surface area contributed by atoms with Crippen LogP contribution in [0.2, 0.25) is 0 Å². The van der Waals surface area contributed by atoms with Crippen LogP contribution in [0.3, 0.4) is 0 Å². The van der Waals surface area contributed by atoms with Gasteiger partial charge in [-0.05, 0) is 30.7 Å². The highest BCUT2D eigenvalue weighted by molar-refractivity contribution is 5.45. The van der Waals surface area contributed by atoms with Crippen LogP contribution >= 0.6 is 0 Å². The second-order valence-corrected chi connectivity index (χ2v) is 5.03. The third-order valence-electron chi connectivity index (χ3n) is 2.57. The Morgan fingerprint density at radius 3 is 2.62 bits per heavy atom. The minimum absolute atomic E-state index is 0.163. The molecule has 90 valence electrons. The van der Waals surface area contributed by atoms with Gasteiger partial charge in [-0.1, -0.05) is 19.9 Å². The predicted octanol–water partition coefficient (Wildman–Crippen LogP) is 2.51.